The Morgan fingerprint density at radius 2 is 1.67 bits per heavy atom. The molecule has 2 fully saturated rings. The number of hydrogen-bond donors (Lipinski definition) is 0. The van der Waals surface area contributed by atoms with Crippen molar-refractivity contribution < 1.29 is 8.42 Å². The van der Waals surface area contributed by atoms with E-state index in [2.05, 4.69) is 37.8 Å². The zero-order valence-electron chi connectivity index (χ0n) is 15.0. The smallest absolute Gasteiger partial charge is 0.282 e. The lowest BCUT2D eigenvalue weighted by atomic mass is 9.78. The highest BCUT2D eigenvalue weighted by molar-refractivity contribution is 7.86. The molecule has 0 aliphatic carbocycles. The summed E-state index contributed by atoms with van der Waals surface area (Å²) in [6.45, 7) is 11.5. The van der Waals surface area contributed by atoms with E-state index in [-0.39, 0.29) is 11.3 Å². The van der Waals surface area contributed by atoms with Gasteiger partial charge in [-0.3, -0.25) is 0 Å². The fourth-order valence-electron chi connectivity index (χ4n) is 3.94. The van der Waals surface area contributed by atoms with Gasteiger partial charge in [0.2, 0.25) is 0 Å². The molecule has 0 radical (unpaired) electrons. The summed E-state index contributed by atoms with van der Waals surface area (Å²) in [7, 11) is -3.37. The van der Waals surface area contributed by atoms with Crippen LogP contribution in [0.15, 0.2) is 30.3 Å². The molecule has 3 rings (SSSR count). The maximum atomic E-state index is 13.1. The number of likely N-dealkylation sites (N-methyl/N-ethyl adjacent to an activating group) is 1. The summed E-state index contributed by atoms with van der Waals surface area (Å²) in [5.41, 5.74) is 1.18. The molecule has 1 atom stereocenters. The van der Waals surface area contributed by atoms with Crippen LogP contribution in [0.2, 0.25) is 0 Å². The Kier molecular flexibility index (Phi) is 5.02. The molecule has 0 bridgehead atoms. The summed E-state index contributed by atoms with van der Waals surface area (Å²) in [5, 5.41) is 0. The minimum atomic E-state index is -3.37. The van der Waals surface area contributed by atoms with E-state index in [0.717, 1.165) is 19.6 Å². The monoisotopic (exact) mass is 351 g/mol. The van der Waals surface area contributed by atoms with Crippen molar-refractivity contribution in [1.29, 1.82) is 0 Å². The maximum absolute atomic E-state index is 13.1. The molecule has 0 unspecified atom stereocenters. The van der Waals surface area contributed by atoms with Crippen molar-refractivity contribution in [3.63, 3.8) is 0 Å². The van der Waals surface area contributed by atoms with Crippen molar-refractivity contribution in [2.45, 2.75) is 26.7 Å². The molecule has 2 aliphatic heterocycles. The first kappa shape index (κ1) is 17.9. The molecule has 0 N–H and O–H groups in total. The lowest BCUT2D eigenvalue weighted by Crippen LogP contribution is -2.52. The fraction of sp³-hybridized carbons (Fsp3) is 0.667. The number of benzene rings is 1. The van der Waals surface area contributed by atoms with Crippen molar-refractivity contribution in [2.24, 2.45) is 5.41 Å². The molecule has 5 nitrogen and oxygen atoms in total. The standard InChI is InChI=1S/C18H29N3O2S/c1-4-19-10-12-20(13-11-19)24(22,23)21-14-17(18(2,3)15-21)16-8-6-5-7-9-16/h5-9,17H,4,10-15H2,1-3H3/t17-/m0/s1. The maximum Gasteiger partial charge on any atom is 0.282 e. The highest BCUT2D eigenvalue weighted by atomic mass is 32.2. The minimum Gasteiger partial charge on any atom is -0.301 e. The Balaban J connectivity index is 1.76. The second kappa shape index (κ2) is 6.75. The summed E-state index contributed by atoms with van der Waals surface area (Å²) in [4.78, 5) is 2.30. The van der Waals surface area contributed by atoms with E-state index in [0.29, 0.717) is 26.2 Å². The van der Waals surface area contributed by atoms with Gasteiger partial charge >= 0.3 is 0 Å². The number of hydrogen-bond acceptors (Lipinski definition) is 3. The molecule has 2 heterocycles. The molecule has 24 heavy (non-hydrogen) atoms. The van der Waals surface area contributed by atoms with E-state index in [1.54, 1.807) is 8.61 Å². The van der Waals surface area contributed by atoms with Crippen molar-refractivity contribution in [1.82, 2.24) is 13.5 Å². The highest BCUT2D eigenvalue weighted by Crippen LogP contribution is 2.43. The van der Waals surface area contributed by atoms with Gasteiger partial charge in [-0.25, -0.2) is 0 Å². The van der Waals surface area contributed by atoms with Gasteiger partial charge in [-0.15, -0.1) is 0 Å². The average molecular weight is 352 g/mol. The minimum absolute atomic E-state index is 0.0559. The normalized spacial score (nSPS) is 26.7. The molecular weight excluding hydrogens is 322 g/mol. The first-order chi connectivity index (χ1) is 11.3. The van der Waals surface area contributed by atoms with Gasteiger partial charge < -0.3 is 4.90 Å². The predicted molar refractivity (Wildman–Crippen MR) is 97.1 cm³/mol. The van der Waals surface area contributed by atoms with Crippen LogP contribution in [0.5, 0.6) is 0 Å². The van der Waals surface area contributed by atoms with Crippen molar-refractivity contribution in [3.8, 4) is 0 Å². The van der Waals surface area contributed by atoms with E-state index >= 15 is 0 Å². The molecule has 1 aromatic rings. The fourth-order valence-corrected chi connectivity index (χ4v) is 5.72. The Hall–Kier alpha value is -0.950. The van der Waals surface area contributed by atoms with E-state index in [4.69, 9.17) is 0 Å². The van der Waals surface area contributed by atoms with E-state index in [9.17, 15) is 8.42 Å². The number of rotatable bonds is 4. The third-order valence-corrected chi connectivity index (χ3v) is 7.49. The Bertz CT molecular complexity index is 652. The van der Waals surface area contributed by atoms with Gasteiger partial charge in [-0.1, -0.05) is 51.1 Å². The molecule has 0 spiro atoms. The quantitative estimate of drug-likeness (QED) is 0.833. The third kappa shape index (κ3) is 3.38. The lowest BCUT2D eigenvalue weighted by molar-refractivity contribution is 0.189. The van der Waals surface area contributed by atoms with Crippen LogP contribution in [-0.2, 0) is 10.2 Å². The van der Waals surface area contributed by atoms with Crippen molar-refractivity contribution >= 4 is 10.2 Å². The summed E-state index contributed by atoms with van der Waals surface area (Å²) >= 11 is 0. The summed E-state index contributed by atoms with van der Waals surface area (Å²) in [6, 6.07) is 10.3. The molecule has 2 aliphatic rings. The second-order valence-electron chi connectivity index (χ2n) is 7.59. The van der Waals surface area contributed by atoms with Crippen LogP contribution < -0.4 is 0 Å². The van der Waals surface area contributed by atoms with Crippen molar-refractivity contribution in [3.05, 3.63) is 35.9 Å². The molecular formula is C18H29N3O2S. The average Bonchev–Trinajstić information content (AvgIpc) is 2.92. The molecule has 2 saturated heterocycles. The third-order valence-electron chi connectivity index (χ3n) is 5.55. The summed E-state index contributed by atoms with van der Waals surface area (Å²) in [6.07, 6.45) is 0. The lowest BCUT2D eigenvalue weighted by Gasteiger charge is -2.35. The first-order valence-corrected chi connectivity index (χ1v) is 10.3. The molecule has 0 amide bonds. The SMILES string of the molecule is CCN1CCN(S(=O)(=O)N2C[C@@H](c3ccccc3)C(C)(C)C2)CC1. The summed E-state index contributed by atoms with van der Waals surface area (Å²) in [5.74, 6) is 0.241. The zero-order valence-corrected chi connectivity index (χ0v) is 15.8. The molecule has 1 aromatic carbocycles. The summed E-state index contributed by atoms with van der Waals surface area (Å²) < 4.78 is 29.5. The molecule has 0 aromatic heterocycles. The van der Waals surface area contributed by atoms with Crippen LogP contribution in [0, 0.1) is 5.41 Å². The zero-order chi connectivity index (χ0) is 17.4. The molecule has 0 saturated carbocycles. The van der Waals surface area contributed by atoms with Crippen LogP contribution >= 0.6 is 0 Å². The number of piperazine rings is 1. The van der Waals surface area contributed by atoms with E-state index in [1.807, 2.05) is 18.2 Å². The topological polar surface area (TPSA) is 43.9 Å². The van der Waals surface area contributed by atoms with Crippen LogP contribution in [0.4, 0.5) is 0 Å². The van der Waals surface area contributed by atoms with Gasteiger partial charge in [-0.2, -0.15) is 17.0 Å². The Morgan fingerprint density at radius 3 is 2.25 bits per heavy atom. The van der Waals surface area contributed by atoms with Gasteiger partial charge in [0.05, 0.1) is 0 Å². The van der Waals surface area contributed by atoms with Gasteiger partial charge in [0, 0.05) is 45.2 Å². The Morgan fingerprint density at radius 1 is 1.04 bits per heavy atom. The molecule has 6 heteroatoms. The van der Waals surface area contributed by atoms with E-state index < -0.39 is 10.2 Å². The predicted octanol–water partition coefficient (Wildman–Crippen LogP) is 1.99. The van der Waals surface area contributed by atoms with Gasteiger partial charge in [0.25, 0.3) is 10.2 Å². The van der Waals surface area contributed by atoms with Crippen LogP contribution in [0.3, 0.4) is 0 Å². The van der Waals surface area contributed by atoms with Crippen LogP contribution in [-0.4, -0.2) is 67.7 Å². The van der Waals surface area contributed by atoms with Gasteiger partial charge in [-0.05, 0) is 17.5 Å². The second-order valence-corrected chi connectivity index (χ2v) is 9.51. The highest BCUT2D eigenvalue weighted by Gasteiger charge is 2.46. The van der Waals surface area contributed by atoms with Gasteiger partial charge in [0.15, 0.2) is 0 Å². The van der Waals surface area contributed by atoms with Gasteiger partial charge in [0.1, 0.15) is 0 Å². The van der Waals surface area contributed by atoms with Crippen LogP contribution in [0.25, 0.3) is 0 Å². The van der Waals surface area contributed by atoms with Crippen molar-refractivity contribution in [2.75, 3.05) is 45.8 Å². The first-order valence-electron chi connectivity index (χ1n) is 8.87. The largest absolute Gasteiger partial charge is 0.301 e. The van der Waals surface area contributed by atoms with E-state index in [1.165, 1.54) is 5.56 Å². The van der Waals surface area contributed by atoms with Crippen LogP contribution in [0.1, 0.15) is 32.3 Å². The molecule has 134 valence electrons. The Labute approximate surface area is 146 Å². The number of nitrogens with zero attached hydrogens (tertiary/aromatic N) is 3.